The van der Waals surface area contributed by atoms with Crippen LogP contribution in [-0.4, -0.2) is 22.9 Å². The van der Waals surface area contributed by atoms with Gasteiger partial charge in [-0.15, -0.1) is 11.3 Å². The van der Waals surface area contributed by atoms with Crippen LogP contribution in [0.25, 0.3) is 0 Å². The van der Waals surface area contributed by atoms with Crippen molar-refractivity contribution in [3.63, 3.8) is 0 Å². The molecule has 1 aromatic heterocycles. The fourth-order valence-electron chi connectivity index (χ4n) is 3.29. The molecule has 0 unspecified atom stereocenters. The molecule has 1 aliphatic rings. The number of carbonyl (C=O) groups excluding carboxylic acids is 2. The number of ether oxygens (including phenoxy) is 1. The Hall–Kier alpha value is -2.74. The van der Waals surface area contributed by atoms with Crippen molar-refractivity contribution in [3.05, 3.63) is 55.8 Å². The Kier molecular flexibility index (Phi) is 6.08. The van der Waals surface area contributed by atoms with Crippen molar-refractivity contribution in [2.45, 2.75) is 45.6 Å². The number of thiophene rings is 1. The first-order valence-corrected chi connectivity index (χ1v) is 10.1. The van der Waals surface area contributed by atoms with Crippen LogP contribution in [-0.2, 0) is 22.4 Å². The van der Waals surface area contributed by atoms with Gasteiger partial charge in [0.2, 0.25) is 0 Å². The summed E-state index contributed by atoms with van der Waals surface area (Å²) < 4.78 is 5.29. The summed E-state index contributed by atoms with van der Waals surface area (Å²) in [4.78, 5) is 37.0. The lowest BCUT2D eigenvalue weighted by atomic mass is 9.87. The number of nitro benzene ring substituents is 1. The zero-order valence-corrected chi connectivity index (χ0v) is 16.6. The predicted molar refractivity (Wildman–Crippen MR) is 107 cm³/mol. The van der Waals surface area contributed by atoms with E-state index in [0.29, 0.717) is 10.8 Å². The molecule has 0 aliphatic heterocycles. The van der Waals surface area contributed by atoms with Crippen LogP contribution in [0.5, 0.6) is 0 Å². The molecule has 0 saturated heterocycles. The van der Waals surface area contributed by atoms with E-state index in [4.69, 9.17) is 4.74 Å². The average Bonchev–Trinajstić information content (AvgIpc) is 3.11. The van der Waals surface area contributed by atoms with Crippen LogP contribution >= 0.6 is 11.3 Å². The van der Waals surface area contributed by atoms with E-state index in [2.05, 4.69) is 12.2 Å². The van der Waals surface area contributed by atoms with Crippen LogP contribution in [0.4, 0.5) is 11.4 Å². The SMILES string of the molecule is CC[C@@H]1CCc2sc(C(=O)O[C@@H](C)C(=O)Nc3ccccc3[N+](=O)[O-])cc2C1. The molecule has 0 spiro atoms. The molecule has 2 atom stereocenters. The highest BCUT2D eigenvalue weighted by molar-refractivity contribution is 7.14. The molecule has 1 aliphatic carbocycles. The van der Waals surface area contributed by atoms with Gasteiger partial charge in [-0.3, -0.25) is 14.9 Å². The standard InChI is InChI=1S/C20H22N2O5S/c1-3-13-8-9-17-14(10-13)11-18(28-17)20(24)27-12(2)19(23)21-15-6-4-5-7-16(15)22(25)26/h4-7,11-13H,3,8-10H2,1-2H3,(H,21,23)/t12-,13+/m0/s1. The number of benzene rings is 1. The van der Waals surface area contributed by atoms with E-state index in [1.54, 1.807) is 6.07 Å². The van der Waals surface area contributed by atoms with Crippen LogP contribution < -0.4 is 5.32 Å². The van der Waals surface area contributed by atoms with E-state index in [0.717, 1.165) is 25.7 Å². The molecule has 3 rings (SSSR count). The summed E-state index contributed by atoms with van der Waals surface area (Å²) in [6.07, 6.45) is 3.13. The van der Waals surface area contributed by atoms with Gasteiger partial charge >= 0.3 is 5.97 Å². The molecule has 0 saturated carbocycles. The first-order chi connectivity index (χ1) is 13.4. The van der Waals surface area contributed by atoms with E-state index >= 15 is 0 Å². The molecule has 148 valence electrons. The number of nitrogens with one attached hydrogen (secondary N) is 1. The van der Waals surface area contributed by atoms with Gasteiger partial charge in [-0.25, -0.2) is 4.79 Å². The average molecular weight is 402 g/mol. The summed E-state index contributed by atoms with van der Waals surface area (Å²) in [5.74, 6) is -0.509. The minimum absolute atomic E-state index is 0.0672. The number of nitrogens with zero attached hydrogens (tertiary/aromatic N) is 1. The summed E-state index contributed by atoms with van der Waals surface area (Å²) in [5.41, 5.74) is 1.05. The van der Waals surface area contributed by atoms with Crippen LogP contribution in [0.15, 0.2) is 30.3 Å². The van der Waals surface area contributed by atoms with Crippen molar-refractivity contribution in [2.75, 3.05) is 5.32 Å². The molecular formula is C20H22N2O5S. The van der Waals surface area contributed by atoms with Crippen LogP contribution in [0.2, 0.25) is 0 Å². The minimum Gasteiger partial charge on any atom is -0.448 e. The second-order valence-corrected chi connectivity index (χ2v) is 8.02. The summed E-state index contributed by atoms with van der Waals surface area (Å²) >= 11 is 1.42. The highest BCUT2D eigenvalue weighted by Gasteiger charge is 2.26. The van der Waals surface area contributed by atoms with Gasteiger partial charge in [0, 0.05) is 10.9 Å². The van der Waals surface area contributed by atoms with Crippen molar-refractivity contribution >= 4 is 34.6 Å². The first-order valence-electron chi connectivity index (χ1n) is 9.25. The molecule has 1 N–H and O–H groups in total. The lowest BCUT2D eigenvalue weighted by Crippen LogP contribution is -2.30. The molecule has 1 amide bonds. The normalized spacial score (nSPS) is 16.7. The summed E-state index contributed by atoms with van der Waals surface area (Å²) in [5, 5.41) is 13.5. The van der Waals surface area contributed by atoms with Gasteiger partial charge in [0.15, 0.2) is 6.10 Å². The van der Waals surface area contributed by atoms with E-state index in [1.807, 2.05) is 6.07 Å². The van der Waals surface area contributed by atoms with Crippen LogP contribution in [0.1, 0.15) is 46.8 Å². The summed E-state index contributed by atoms with van der Waals surface area (Å²) in [6, 6.07) is 7.70. The summed E-state index contributed by atoms with van der Waals surface area (Å²) in [7, 11) is 0. The Morgan fingerprint density at radius 2 is 2.14 bits per heavy atom. The van der Waals surface area contributed by atoms with Crippen LogP contribution in [0.3, 0.4) is 0 Å². The Morgan fingerprint density at radius 1 is 1.39 bits per heavy atom. The van der Waals surface area contributed by atoms with E-state index in [9.17, 15) is 19.7 Å². The van der Waals surface area contributed by atoms with E-state index < -0.39 is 22.9 Å². The predicted octanol–water partition coefficient (Wildman–Crippen LogP) is 4.36. The van der Waals surface area contributed by atoms with Gasteiger partial charge in [0.1, 0.15) is 10.6 Å². The number of hydrogen-bond acceptors (Lipinski definition) is 6. The van der Waals surface area contributed by atoms with Gasteiger partial charge in [0.25, 0.3) is 11.6 Å². The second-order valence-electron chi connectivity index (χ2n) is 6.89. The third-order valence-electron chi connectivity index (χ3n) is 4.98. The maximum atomic E-state index is 12.5. The third-order valence-corrected chi connectivity index (χ3v) is 6.19. The number of hydrogen-bond donors (Lipinski definition) is 1. The maximum Gasteiger partial charge on any atom is 0.349 e. The van der Waals surface area contributed by atoms with Gasteiger partial charge in [-0.05, 0) is 49.8 Å². The molecule has 1 heterocycles. The fourth-order valence-corrected chi connectivity index (χ4v) is 4.38. The van der Waals surface area contributed by atoms with Crippen LogP contribution in [0, 0.1) is 16.0 Å². The number of esters is 1. The number of nitro groups is 1. The van der Waals surface area contributed by atoms with E-state index in [1.165, 1.54) is 46.9 Å². The molecule has 0 fully saturated rings. The number of para-hydroxylation sites is 2. The highest BCUT2D eigenvalue weighted by atomic mass is 32.1. The van der Waals surface area contributed by atoms with Crippen molar-refractivity contribution < 1.29 is 19.2 Å². The molecule has 2 aromatic rings. The van der Waals surface area contributed by atoms with Crippen molar-refractivity contribution in [1.82, 2.24) is 0 Å². The van der Waals surface area contributed by atoms with Gasteiger partial charge in [-0.2, -0.15) is 0 Å². The van der Waals surface area contributed by atoms with E-state index in [-0.39, 0.29) is 11.4 Å². The number of anilines is 1. The first kappa shape index (κ1) is 20.0. The molecule has 28 heavy (non-hydrogen) atoms. The lowest BCUT2D eigenvalue weighted by Gasteiger charge is -2.19. The van der Waals surface area contributed by atoms with Gasteiger partial charge < -0.3 is 10.1 Å². The largest absolute Gasteiger partial charge is 0.448 e. The monoisotopic (exact) mass is 402 g/mol. The van der Waals surface area contributed by atoms with Crippen molar-refractivity contribution in [1.29, 1.82) is 0 Å². The Bertz CT molecular complexity index is 908. The molecule has 8 heteroatoms. The molecular weight excluding hydrogens is 380 g/mol. The van der Waals surface area contributed by atoms with Crippen molar-refractivity contribution in [3.8, 4) is 0 Å². The van der Waals surface area contributed by atoms with Crippen molar-refractivity contribution in [2.24, 2.45) is 5.92 Å². The lowest BCUT2D eigenvalue weighted by molar-refractivity contribution is -0.383. The highest BCUT2D eigenvalue weighted by Crippen LogP contribution is 2.34. The number of amides is 1. The second kappa shape index (κ2) is 8.52. The Balaban J connectivity index is 1.64. The van der Waals surface area contributed by atoms with Gasteiger partial charge in [-0.1, -0.05) is 25.5 Å². The zero-order valence-electron chi connectivity index (χ0n) is 15.8. The van der Waals surface area contributed by atoms with Gasteiger partial charge in [0.05, 0.1) is 4.92 Å². The number of fused-ring (bicyclic) bond motifs is 1. The number of aryl methyl sites for hydroxylation is 1. The minimum atomic E-state index is -1.07. The number of carbonyl (C=O) groups is 2. The molecule has 0 radical (unpaired) electrons. The summed E-state index contributed by atoms with van der Waals surface area (Å²) in [6.45, 7) is 3.62. The topological polar surface area (TPSA) is 98.5 Å². The maximum absolute atomic E-state index is 12.5. The molecule has 0 bridgehead atoms. The Morgan fingerprint density at radius 3 is 2.86 bits per heavy atom. The number of rotatable bonds is 6. The third kappa shape index (κ3) is 4.39. The smallest absolute Gasteiger partial charge is 0.349 e. The Labute approximate surface area is 166 Å². The quantitative estimate of drug-likeness (QED) is 0.440. The zero-order chi connectivity index (χ0) is 20.3. The molecule has 1 aromatic carbocycles. The molecule has 7 nitrogen and oxygen atoms in total. The fraction of sp³-hybridized carbons (Fsp3) is 0.400.